The van der Waals surface area contributed by atoms with Crippen LogP contribution in [-0.4, -0.2) is 20.9 Å². The summed E-state index contributed by atoms with van der Waals surface area (Å²) in [6, 6.07) is 12.3. The second-order valence-electron chi connectivity index (χ2n) is 4.91. The molecule has 1 aliphatic heterocycles. The molecule has 102 valence electrons. The van der Waals surface area contributed by atoms with Gasteiger partial charge in [-0.15, -0.1) is 0 Å². The van der Waals surface area contributed by atoms with Gasteiger partial charge in [0.2, 0.25) is 0 Å². The average molecular weight is 268 g/mol. The lowest BCUT2D eigenvalue weighted by atomic mass is 10.1. The molecule has 0 fully saturated rings. The van der Waals surface area contributed by atoms with E-state index in [1.54, 1.807) is 6.20 Å². The van der Waals surface area contributed by atoms with E-state index in [2.05, 4.69) is 39.3 Å². The van der Waals surface area contributed by atoms with Crippen molar-refractivity contribution in [3.63, 3.8) is 0 Å². The standard InChI is InChI=1S/C15H16N4O/c16-15(18-20)14-13(6-3-7-17-14)10-19-8-11-4-1-2-5-12(11)9-19/h1-7,20H,8-10H2,(H2,16,18). The van der Waals surface area contributed by atoms with Crippen molar-refractivity contribution in [2.75, 3.05) is 0 Å². The van der Waals surface area contributed by atoms with E-state index < -0.39 is 0 Å². The van der Waals surface area contributed by atoms with Crippen LogP contribution in [0, 0.1) is 0 Å². The number of hydrogen-bond acceptors (Lipinski definition) is 4. The summed E-state index contributed by atoms with van der Waals surface area (Å²) < 4.78 is 0. The summed E-state index contributed by atoms with van der Waals surface area (Å²) >= 11 is 0. The molecule has 2 heterocycles. The number of amidine groups is 1. The van der Waals surface area contributed by atoms with Crippen molar-refractivity contribution in [2.45, 2.75) is 19.6 Å². The lowest BCUT2D eigenvalue weighted by Crippen LogP contribution is -2.22. The van der Waals surface area contributed by atoms with Crippen LogP contribution in [0.25, 0.3) is 0 Å². The van der Waals surface area contributed by atoms with Gasteiger partial charge in [-0.2, -0.15) is 0 Å². The van der Waals surface area contributed by atoms with Gasteiger partial charge in [0.05, 0.1) is 0 Å². The molecule has 0 saturated carbocycles. The molecule has 2 aromatic rings. The van der Waals surface area contributed by atoms with Crippen molar-refractivity contribution in [3.8, 4) is 0 Å². The van der Waals surface area contributed by atoms with E-state index >= 15 is 0 Å². The minimum atomic E-state index is 0.0531. The van der Waals surface area contributed by atoms with Crippen LogP contribution in [0.5, 0.6) is 0 Å². The van der Waals surface area contributed by atoms with Crippen LogP contribution in [0.3, 0.4) is 0 Å². The summed E-state index contributed by atoms with van der Waals surface area (Å²) in [5.74, 6) is 0.0531. The summed E-state index contributed by atoms with van der Waals surface area (Å²) in [7, 11) is 0. The number of hydrogen-bond donors (Lipinski definition) is 2. The van der Waals surface area contributed by atoms with Crippen LogP contribution in [0.4, 0.5) is 0 Å². The van der Waals surface area contributed by atoms with Gasteiger partial charge in [0.1, 0.15) is 5.69 Å². The normalized spacial score (nSPS) is 15.3. The van der Waals surface area contributed by atoms with Gasteiger partial charge in [0.15, 0.2) is 5.84 Å². The maximum Gasteiger partial charge on any atom is 0.189 e. The Balaban J connectivity index is 1.81. The summed E-state index contributed by atoms with van der Waals surface area (Å²) in [6.45, 7) is 2.56. The van der Waals surface area contributed by atoms with Gasteiger partial charge in [-0.05, 0) is 22.8 Å². The molecule has 1 aromatic heterocycles. The van der Waals surface area contributed by atoms with Crippen molar-refractivity contribution in [3.05, 3.63) is 65.0 Å². The zero-order valence-corrected chi connectivity index (χ0v) is 11.0. The van der Waals surface area contributed by atoms with E-state index in [1.165, 1.54) is 11.1 Å². The molecule has 0 saturated heterocycles. The number of nitrogens with two attached hydrogens (primary N) is 1. The molecule has 0 atom stereocenters. The van der Waals surface area contributed by atoms with Crippen LogP contribution in [0.1, 0.15) is 22.4 Å². The minimum Gasteiger partial charge on any atom is -0.409 e. The Hall–Kier alpha value is -2.40. The number of rotatable bonds is 3. The van der Waals surface area contributed by atoms with Crippen LogP contribution in [0.2, 0.25) is 0 Å². The fourth-order valence-electron chi connectivity index (χ4n) is 2.60. The minimum absolute atomic E-state index is 0.0531. The first kappa shape index (κ1) is 12.6. The van der Waals surface area contributed by atoms with E-state index in [1.807, 2.05) is 12.1 Å². The predicted molar refractivity (Wildman–Crippen MR) is 76.1 cm³/mol. The fourth-order valence-corrected chi connectivity index (χ4v) is 2.60. The zero-order chi connectivity index (χ0) is 13.9. The smallest absolute Gasteiger partial charge is 0.189 e. The highest BCUT2D eigenvalue weighted by Gasteiger charge is 2.20. The summed E-state index contributed by atoms with van der Waals surface area (Å²) in [5, 5.41) is 11.9. The molecule has 1 aromatic carbocycles. The quantitative estimate of drug-likeness (QED) is 0.384. The van der Waals surface area contributed by atoms with Crippen LogP contribution in [-0.2, 0) is 19.6 Å². The van der Waals surface area contributed by atoms with Crippen molar-refractivity contribution in [2.24, 2.45) is 10.9 Å². The third-order valence-electron chi connectivity index (χ3n) is 3.54. The second-order valence-corrected chi connectivity index (χ2v) is 4.91. The first-order valence-corrected chi connectivity index (χ1v) is 6.49. The van der Waals surface area contributed by atoms with E-state index in [9.17, 15) is 0 Å². The van der Waals surface area contributed by atoms with Crippen LogP contribution in [0.15, 0.2) is 47.8 Å². The molecule has 0 bridgehead atoms. The topological polar surface area (TPSA) is 74.7 Å². The molecule has 0 aliphatic carbocycles. The van der Waals surface area contributed by atoms with Gasteiger partial charge in [-0.25, -0.2) is 0 Å². The van der Waals surface area contributed by atoms with Crippen molar-refractivity contribution >= 4 is 5.84 Å². The molecule has 0 amide bonds. The summed E-state index contributed by atoms with van der Waals surface area (Å²) in [5.41, 5.74) is 9.91. The number of oxime groups is 1. The Morgan fingerprint density at radius 3 is 2.55 bits per heavy atom. The Morgan fingerprint density at radius 2 is 1.90 bits per heavy atom. The van der Waals surface area contributed by atoms with Crippen molar-refractivity contribution in [1.82, 2.24) is 9.88 Å². The molecule has 0 spiro atoms. The molecule has 0 unspecified atom stereocenters. The molecule has 5 heteroatoms. The first-order valence-electron chi connectivity index (χ1n) is 6.49. The van der Waals surface area contributed by atoms with Gasteiger partial charge >= 0.3 is 0 Å². The molecule has 3 N–H and O–H groups in total. The number of fused-ring (bicyclic) bond motifs is 1. The molecular weight excluding hydrogens is 252 g/mol. The Morgan fingerprint density at radius 1 is 1.20 bits per heavy atom. The highest BCUT2D eigenvalue weighted by molar-refractivity contribution is 5.96. The highest BCUT2D eigenvalue weighted by atomic mass is 16.4. The number of nitrogens with zero attached hydrogens (tertiary/aromatic N) is 3. The number of benzene rings is 1. The van der Waals surface area contributed by atoms with Gasteiger partial charge in [0.25, 0.3) is 0 Å². The SMILES string of the molecule is NC(=NO)c1ncccc1CN1Cc2ccccc2C1. The molecule has 1 aliphatic rings. The average Bonchev–Trinajstić information content (AvgIpc) is 2.89. The predicted octanol–water partition coefficient (Wildman–Crippen LogP) is 1.69. The van der Waals surface area contributed by atoms with Gasteiger partial charge in [-0.1, -0.05) is 35.5 Å². The Kier molecular flexibility index (Phi) is 3.35. The largest absolute Gasteiger partial charge is 0.409 e. The first-order chi connectivity index (χ1) is 9.78. The van der Waals surface area contributed by atoms with Crippen LogP contribution >= 0.6 is 0 Å². The highest BCUT2D eigenvalue weighted by Crippen LogP contribution is 2.24. The number of pyridine rings is 1. The van der Waals surface area contributed by atoms with E-state index in [-0.39, 0.29) is 5.84 Å². The lowest BCUT2D eigenvalue weighted by Gasteiger charge is -2.16. The monoisotopic (exact) mass is 268 g/mol. The van der Waals surface area contributed by atoms with Crippen molar-refractivity contribution in [1.29, 1.82) is 0 Å². The fraction of sp³-hybridized carbons (Fsp3) is 0.200. The van der Waals surface area contributed by atoms with Crippen molar-refractivity contribution < 1.29 is 5.21 Å². The Bertz CT molecular complexity index is 629. The zero-order valence-electron chi connectivity index (χ0n) is 11.0. The lowest BCUT2D eigenvalue weighted by molar-refractivity contribution is 0.275. The van der Waals surface area contributed by atoms with Gasteiger partial charge in [0, 0.05) is 25.8 Å². The summed E-state index contributed by atoms with van der Waals surface area (Å²) in [4.78, 5) is 6.51. The third kappa shape index (κ3) is 2.35. The van der Waals surface area contributed by atoms with E-state index in [4.69, 9.17) is 10.9 Å². The molecule has 3 rings (SSSR count). The Labute approximate surface area is 117 Å². The maximum absolute atomic E-state index is 8.82. The van der Waals surface area contributed by atoms with E-state index in [0.717, 1.165) is 25.2 Å². The number of aromatic nitrogens is 1. The molecule has 0 radical (unpaired) electrons. The second kappa shape index (κ2) is 5.30. The molecule has 20 heavy (non-hydrogen) atoms. The van der Waals surface area contributed by atoms with E-state index in [0.29, 0.717) is 5.69 Å². The maximum atomic E-state index is 8.82. The van der Waals surface area contributed by atoms with Crippen LogP contribution < -0.4 is 5.73 Å². The van der Waals surface area contributed by atoms with Gasteiger partial charge in [-0.3, -0.25) is 9.88 Å². The molecular formula is C15H16N4O. The van der Waals surface area contributed by atoms with Gasteiger partial charge < -0.3 is 10.9 Å². The third-order valence-corrected chi connectivity index (χ3v) is 3.54. The summed E-state index contributed by atoms with van der Waals surface area (Å²) in [6.07, 6.45) is 1.65. The molecule has 5 nitrogen and oxygen atoms in total.